The molecule has 0 heterocycles. The molecule has 0 amide bonds. The van der Waals surface area contributed by atoms with Crippen LogP contribution in [0.4, 0.5) is 0 Å². The second-order valence-corrected chi connectivity index (χ2v) is 4.56. The number of nitrogens with one attached hydrogen (secondary N) is 1. The van der Waals surface area contributed by atoms with Crippen LogP contribution in [-0.2, 0) is 4.84 Å². The highest BCUT2D eigenvalue weighted by atomic mass is 16.6. The molecule has 0 fully saturated rings. The Balaban J connectivity index is 2.32. The van der Waals surface area contributed by atoms with Gasteiger partial charge in [0, 0.05) is 12.6 Å². The van der Waals surface area contributed by atoms with Gasteiger partial charge in [-0.2, -0.15) is 0 Å². The van der Waals surface area contributed by atoms with Gasteiger partial charge in [-0.3, -0.25) is 0 Å². The maximum atomic E-state index is 9.62. The number of aliphatic hydroxyl groups excluding tert-OH is 1. The minimum absolute atomic E-state index is 0.198. The monoisotopic (exact) mass is 250 g/mol. The van der Waals surface area contributed by atoms with Crippen molar-refractivity contribution in [1.82, 2.24) is 5.32 Å². The third-order valence-corrected chi connectivity index (χ3v) is 2.42. The lowest BCUT2D eigenvalue weighted by atomic mass is 10.1. The fraction of sp³-hybridized carbons (Fsp3) is 0.500. The number of hydrogen-bond acceptors (Lipinski definition) is 4. The molecular formula is C14H22N2O2. The zero-order valence-corrected chi connectivity index (χ0v) is 11.3. The van der Waals surface area contributed by atoms with E-state index in [0.717, 1.165) is 11.3 Å². The van der Waals surface area contributed by atoms with Crippen LogP contribution in [0.3, 0.4) is 0 Å². The van der Waals surface area contributed by atoms with Crippen molar-refractivity contribution < 1.29 is 9.94 Å². The highest BCUT2D eigenvalue weighted by Gasteiger charge is 2.05. The summed E-state index contributed by atoms with van der Waals surface area (Å²) in [6.45, 7) is 6.66. The molecule has 1 rings (SSSR count). The molecule has 1 atom stereocenters. The van der Waals surface area contributed by atoms with E-state index in [4.69, 9.17) is 4.84 Å². The zero-order valence-electron chi connectivity index (χ0n) is 11.3. The number of aliphatic hydroxyl groups is 1. The second-order valence-electron chi connectivity index (χ2n) is 4.56. The molecule has 0 bridgehead atoms. The van der Waals surface area contributed by atoms with Crippen LogP contribution < -0.4 is 5.32 Å². The smallest absolute Gasteiger partial charge is 0.144 e. The molecule has 1 unspecified atom stereocenters. The van der Waals surface area contributed by atoms with Crippen LogP contribution in [0.5, 0.6) is 0 Å². The third kappa shape index (κ3) is 5.80. The van der Waals surface area contributed by atoms with Gasteiger partial charge >= 0.3 is 0 Å². The van der Waals surface area contributed by atoms with Crippen molar-refractivity contribution in [2.75, 3.05) is 13.2 Å². The molecule has 0 aliphatic rings. The zero-order chi connectivity index (χ0) is 13.4. The maximum absolute atomic E-state index is 9.62. The maximum Gasteiger partial charge on any atom is 0.144 e. The summed E-state index contributed by atoms with van der Waals surface area (Å²) in [5, 5.41) is 16.8. The fourth-order valence-corrected chi connectivity index (χ4v) is 1.38. The summed E-state index contributed by atoms with van der Waals surface area (Å²) in [6, 6.07) is 10.2. The molecule has 100 valence electrons. The normalized spacial score (nSPS) is 13.7. The highest BCUT2D eigenvalue weighted by molar-refractivity contribution is 5.98. The van der Waals surface area contributed by atoms with Crippen molar-refractivity contribution in [2.45, 2.75) is 32.9 Å². The van der Waals surface area contributed by atoms with E-state index in [-0.39, 0.29) is 6.61 Å². The van der Waals surface area contributed by atoms with Crippen molar-refractivity contribution in [3.8, 4) is 0 Å². The Bertz CT molecular complexity index is 363. The van der Waals surface area contributed by atoms with E-state index in [1.807, 2.05) is 51.1 Å². The van der Waals surface area contributed by atoms with E-state index in [1.165, 1.54) is 0 Å². The van der Waals surface area contributed by atoms with Gasteiger partial charge in [0.05, 0.1) is 5.71 Å². The quantitative estimate of drug-likeness (QED) is 0.573. The molecule has 0 aliphatic heterocycles. The summed E-state index contributed by atoms with van der Waals surface area (Å²) in [5.74, 6) is 0. The first kappa shape index (κ1) is 14.7. The van der Waals surface area contributed by atoms with Crippen LogP contribution in [0, 0.1) is 0 Å². The average Bonchev–Trinajstić information content (AvgIpc) is 2.37. The number of rotatable bonds is 7. The standard InChI is InChI=1S/C14H22N2O2/c1-11(2)15-9-14(17)10-18-16-12(3)13-7-5-4-6-8-13/h4-8,11,14-15,17H,9-10H2,1-3H3/b16-12+. The Morgan fingerprint density at radius 3 is 2.61 bits per heavy atom. The molecule has 0 radical (unpaired) electrons. The van der Waals surface area contributed by atoms with Gasteiger partial charge in [0.1, 0.15) is 12.7 Å². The van der Waals surface area contributed by atoms with Gasteiger partial charge in [0.2, 0.25) is 0 Å². The first-order valence-electron chi connectivity index (χ1n) is 6.23. The predicted molar refractivity (Wildman–Crippen MR) is 73.8 cm³/mol. The number of benzene rings is 1. The van der Waals surface area contributed by atoms with Crippen LogP contribution in [0.1, 0.15) is 26.3 Å². The predicted octanol–water partition coefficient (Wildman–Crippen LogP) is 1.79. The molecule has 0 spiro atoms. The Kier molecular flexibility index (Phi) is 6.39. The summed E-state index contributed by atoms with van der Waals surface area (Å²) >= 11 is 0. The van der Waals surface area contributed by atoms with Crippen LogP contribution in [-0.4, -0.2) is 36.1 Å². The van der Waals surface area contributed by atoms with Gasteiger partial charge in [0.25, 0.3) is 0 Å². The first-order valence-corrected chi connectivity index (χ1v) is 6.23. The summed E-state index contributed by atoms with van der Waals surface area (Å²) in [6.07, 6.45) is -0.542. The van der Waals surface area contributed by atoms with Gasteiger partial charge < -0.3 is 15.3 Å². The van der Waals surface area contributed by atoms with Gasteiger partial charge in [-0.05, 0) is 12.5 Å². The average molecular weight is 250 g/mol. The van der Waals surface area contributed by atoms with Gasteiger partial charge in [0.15, 0.2) is 0 Å². The highest BCUT2D eigenvalue weighted by Crippen LogP contribution is 2.01. The molecule has 0 saturated carbocycles. The van der Waals surface area contributed by atoms with E-state index in [0.29, 0.717) is 12.6 Å². The lowest BCUT2D eigenvalue weighted by Gasteiger charge is -2.12. The minimum Gasteiger partial charge on any atom is -0.393 e. The number of hydrogen-bond donors (Lipinski definition) is 2. The largest absolute Gasteiger partial charge is 0.393 e. The van der Waals surface area contributed by atoms with Crippen LogP contribution in [0.2, 0.25) is 0 Å². The Labute approximate surface area is 109 Å². The van der Waals surface area contributed by atoms with Crippen molar-refractivity contribution in [2.24, 2.45) is 5.16 Å². The van der Waals surface area contributed by atoms with Gasteiger partial charge in [-0.1, -0.05) is 49.3 Å². The Hall–Kier alpha value is -1.39. The van der Waals surface area contributed by atoms with E-state index >= 15 is 0 Å². The summed E-state index contributed by atoms with van der Waals surface area (Å²) in [7, 11) is 0. The van der Waals surface area contributed by atoms with Gasteiger partial charge in [-0.25, -0.2) is 0 Å². The molecule has 0 aromatic heterocycles. The van der Waals surface area contributed by atoms with Crippen molar-refractivity contribution in [3.05, 3.63) is 35.9 Å². The Morgan fingerprint density at radius 2 is 2.00 bits per heavy atom. The van der Waals surface area contributed by atoms with Crippen LogP contribution >= 0.6 is 0 Å². The van der Waals surface area contributed by atoms with Gasteiger partial charge in [-0.15, -0.1) is 0 Å². The summed E-state index contributed by atoms with van der Waals surface area (Å²) < 4.78 is 0. The summed E-state index contributed by atoms with van der Waals surface area (Å²) in [4.78, 5) is 5.14. The molecule has 4 nitrogen and oxygen atoms in total. The number of nitrogens with zero attached hydrogens (tertiary/aromatic N) is 1. The number of oxime groups is 1. The van der Waals surface area contributed by atoms with Crippen molar-refractivity contribution >= 4 is 5.71 Å². The van der Waals surface area contributed by atoms with Crippen LogP contribution in [0.25, 0.3) is 0 Å². The SMILES string of the molecule is C/C(=N\OCC(O)CNC(C)C)c1ccccc1. The molecule has 1 aromatic carbocycles. The van der Waals surface area contributed by atoms with Crippen molar-refractivity contribution in [3.63, 3.8) is 0 Å². The summed E-state index contributed by atoms with van der Waals surface area (Å²) in [5.41, 5.74) is 1.83. The first-order chi connectivity index (χ1) is 8.59. The molecule has 4 heteroatoms. The fourth-order valence-electron chi connectivity index (χ4n) is 1.38. The molecule has 18 heavy (non-hydrogen) atoms. The van der Waals surface area contributed by atoms with E-state index in [2.05, 4.69) is 10.5 Å². The van der Waals surface area contributed by atoms with E-state index in [1.54, 1.807) is 0 Å². The third-order valence-electron chi connectivity index (χ3n) is 2.42. The Morgan fingerprint density at radius 1 is 1.33 bits per heavy atom. The van der Waals surface area contributed by atoms with Crippen LogP contribution in [0.15, 0.2) is 35.5 Å². The molecular weight excluding hydrogens is 228 g/mol. The second kappa shape index (κ2) is 7.84. The molecule has 1 aromatic rings. The van der Waals surface area contributed by atoms with E-state index < -0.39 is 6.10 Å². The minimum atomic E-state index is -0.542. The molecule has 0 saturated heterocycles. The van der Waals surface area contributed by atoms with Crippen molar-refractivity contribution in [1.29, 1.82) is 0 Å². The lowest BCUT2D eigenvalue weighted by molar-refractivity contribution is 0.0394. The lowest BCUT2D eigenvalue weighted by Crippen LogP contribution is -2.34. The molecule has 0 aliphatic carbocycles. The molecule has 2 N–H and O–H groups in total. The topological polar surface area (TPSA) is 53.9 Å². The van der Waals surface area contributed by atoms with E-state index in [9.17, 15) is 5.11 Å².